The van der Waals surface area contributed by atoms with Gasteiger partial charge in [-0.25, -0.2) is 0 Å². The summed E-state index contributed by atoms with van der Waals surface area (Å²) in [7, 11) is 1.68. The SMILES string of the molecule is COc1ccc(COCC2CCC(c3ccc(C(=O)C=CCl)cc3)CC2)cc1. The van der Waals surface area contributed by atoms with Gasteiger partial charge in [0.05, 0.1) is 13.7 Å². The first-order chi connectivity index (χ1) is 13.7. The van der Waals surface area contributed by atoms with Gasteiger partial charge >= 0.3 is 0 Å². The number of ketones is 1. The van der Waals surface area contributed by atoms with Crippen LogP contribution in [-0.2, 0) is 11.3 Å². The van der Waals surface area contributed by atoms with Gasteiger partial charge < -0.3 is 9.47 Å². The van der Waals surface area contributed by atoms with E-state index in [-0.39, 0.29) is 5.78 Å². The molecule has 0 saturated heterocycles. The molecular formula is C24H27ClO3. The van der Waals surface area contributed by atoms with E-state index in [0.29, 0.717) is 24.0 Å². The molecule has 3 nitrogen and oxygen atoms in total. The molecule has 0 spiro atoms. The molecule has 148 valence electrons. The molecule has 3 rings (SSSR count). The normalized spacial score (nSPS) is 19.6. The summed E-state index contributed by atoms with van der Waals surface area (Å²) in [4.78, 5) is 11.8. The highest BCUT2D eigenvalue weighted by Crippen LogP contribution is 2.36. The standard InChI is InChI=1S/C24H27ClO3/c1-27-23-12-4-19(5-13-23)17-28-16-18-2-6-20(7-3-18)21-8-10-22(11-9-21)24(26)14-15-25/h4-5,8-15,18,20H,2-3,6-7,16-17H2,1H3. The number of carbonyl (C=O) groups is 1. The van der Waals surface area contributed by atoms with Gasteiger partial charge in [0, 0.05) is 17.7 Å². The van der Waals surface area contributed by atoms with Gasteiger partial charge in [-0.1, -0.05) is 48.0 Å². The van der Waals surface area contributed by atoms with Gasteiger partial charge in [-0.05, 0) is 66.9 Å². The van der Waals surface area contributed by atoms with Gasteiger partial charge in [-0.2, -0.15) is 0 Å². The van der Waals surface area contributed by atoms with Crippen LogP contribution in [0.1, 0.15) is 53.1 Å². The van der Waals surface area contributed by atoms with Crippen LogP contribution in [0.25, 0.3) is 0 Å². The molecule has 0 heterocycles. The van der Waals surface area contributed by atoms with E-state index in [1.165, 1.54) is 48.4 Å². The Morgan fingerprint density at radius 3 is 2.32 bits per heavy atom. The maximum Gasteiger partial charge on any atom is 0.186 e. The van der Waals surface area contributed by atoms with E-state index in [0.717, 1.165) is 12.4 Å². The van der Waals surface area contributed by atoms with Crippen LogP contribution in [-0.4, -0.2) is 19.5 Å². The largest absolute Gasteiger partial charge is 0.497 e. The molecule has 1 fully saturated rings. The van der Waals surface area contributed by atoms with E-state index in [1.807, 2.05) is 36.4 Å². The summed E-state index contributed by atoms with van der Waals surface area (Å²) >= 11 is 5.48. The van der Waals surface area contributed by atoms with Crippen molar-refractivity contribution in [2.75, 3.05) is 13.7 Å². The van der Waals surface area contributed by atoms with Crippen molar-refractivity contribution >= 4 is 17.4 Å². The molecule has 0 aliphatic heterocycles. The molecule has 0 amide bonds. The van der Waals surface area contributed by atoms with Gasteiger partial charge in [-0.15, -0.1) is 0 Å². The second-order valence-electron chi connectivity index (χ2n) is 7.36. The third-order valence-electron chi connectivity index (χ3n) is 5.51. The van der Waals surface area contributed by atoms with Crippen molar-refractivity contribution in [3.8, 4) is 5.75 Å². The van der Waals surface area contributed by atoms with Crippen molar-refractivity contribution < 1.29 is 14.3 Å². The number of benzene rings is 2. The molecule has 1 saturated carbocycles. The molecule has 0 unspecified atom stereocenters. The molecule has 0 N–H and O–H groups in total. The quantitative estimate of drug-likeness (QED) is 0.397. The van der Waals surface area contributed by atoms with Crippen LogP contribution < -0.4 is 4.74 Å². The Morgan fingerprint density at radius 2 is 1.71 bits per heavy atom. The topological polar surface area (TPSA) is 35.5 Å². The average molecular weight is 399 g/mol. The fourth-order valence-corrected chi connectivity index (χ4v) is 3.92. The lowest BCUT2D eigenvalue weighted by atomic mass is 9.79. The molecule has 1 aliphatic rings. The van der Waals surface area contributed by atoms with Gasteiger partial charge in [0.25, 0.3) is 0 Å². The number of carbonyl (C=O) groups excluding carboxylic acids is 1. The fourth-order valence-electron chi connectivity index (χ4n) is 3.80. The smallest absolute Gasteiger partial charge is 0.186 e. The van der Waals surface area contributed by atoms with E-state index in [2.05, 4.69) is 12.1 Å². The van der Waals surface area contributed by atoms with Gasteiger partial charge in [0.15, 0.2) is 5.78 Å². The second kappa shape index (κ2) is 10.4. The Hall–Kier alpha value is -2.10. The number of rotatable bonds is 8. The summed E-state index contributed by atoms with van der Waals surface area (Å²) in [5.74, 6) is 2.02. The maximum absolute atomic E-state index is 11.8. The zero-order valence-electron chi connectivity index (χ0n) is 16.3. The van der Waals surface area contributed by atoms with E-state index in [4.69, 9.17) is 21.1 Å². The van der Waals surface area contributed by atoms with Crippen molar-refractivity contribution in [1.82, 2.24) is 0 Å². The number of hydrogen-bond acceptors (Lipinski definition) is 3. The summed E-state index contributed by atoms with van der Waals surface area (Å²) in [6, 6.07) is 16.0. The number of methoxy groups -OCH3 is 1. The fraction of sp³-hybridized carbons (Fsp3) is 0.375. The van der Waals surface area contributed by atoms with Crippen LogP contribution in [0.4, 0.5) is 0 Å². The Morgan fingerprint density at radius 1 is 1.04 bits per heavy atom. The van der Waals surface area contributed by atoms with E-state index < -0.39 is 0 Å². The molecule has 28 heavy (non-hydrogen) atoms. The molecule has 0 aromatic heterocycles. The predicted octanol–water partition coefficient (Wildman–Crippen LogP) is 6.12. The zero-order valence-corrected chi connectivity index (χ0v) is 17.0. The summed E-state index contributed by atoms with van der Waals surface area (Å²) in [6.45, 7) is 1.47. The van der Waals surface area contributed by atoms with Crippen molar-refractivity contribution in [3.63, 3.8) is 0 Å². The minimum absolute atomic E-state index is 0.0562. The summed E-state index contributed by atoms with van der Waals surface area (Å²) < 4.78 is 11.1. The predicted molar refractivity (Wildman–Crippen MR) is 113 cm³/mol. The average Bonchev–Trinajstić information content (AvgIpc) is 2.75. The highest BCUT2D eigenvalue weighted by Gasteiger charge is 2.22. The van der Waals surface area contributed by atoms with Gasteiger partial charge in [-0.3, -0.25) is 4.79 Å². The van der Waals surface area contributed by atoms with Crippen molar-refractivity contribution in [2.45, 2.75) is 38.2 Å². The monoisotopic (exact) mass is 398 g/mol. The van der Waals surface area contributed by atoms with Crippen LogP contribution in [0.15, 0.2) is 60.1 Å². The van der Waals surface area contributed by atoms with Crippen LogP contribution in [0.2, 0.25) is 0 Å². The van der Waals surface area contributed by atoms with Crippen LogP contribution in [0, 0.1) is 5.92 Å². The molecular weight excluding hydrogens is 372 g/mol. The summed E-state index contributed by atoms with van der Waals surface area (Å²) in [5.41, 5.74) is 4.44. The Bertz CT molecular complexity index is 773. The Kier molecular flexibility index (Phi) is 7.70. The van der Waals surface area contributed by atoms with E-state index in [9.17, 15) is 4.79 Å². The minimum Gasteiger partial charge on any atom is -0.497 e. The lowest BCUT2D eigenvalue weighted by Gasteiger charge is -2.28. The maximum atomic E-state index is 11.8. The van der Waals surface area contributed by atoms with E-state index in [1.54, 1.807) is 7.11 Å². The second-order valence-corrected chi connectivity index (χ2v) is 7.61. The zero-order chi connectivity index (χ0) is 19.8. The first kappa shape index (κ1) is 20.6. The molecule has 0 radical (unpaired) electrons. The molecule has 0 atom stereocenters. The Balaban J connectivity index is 1.42. The van der Waals surface area contributed by atoms with Crippen LogP contribution >= 0.6 is 11.6 Å². The van der Waals surface area contributed by atoms with Crippen LogP contribution in [0.5, 0.6) is 5.75 Å². The highest BCUT2D eigenvalue weighted by molar-refractivity contribution is 6.27. The first-order valence-electron chi connectivity index (χ1n) is 9.81. The number of halogens is 1. The van der Waals surface area contributed by atoms with Crippen molar-refractivity contribution in [1.29, 1.82) is 0 Å². The van der Waals surface area contributed by atoms with Gasteiger partial charge in [0.1, 0.15) is 5.75 Å². The lowest BCUT2D eigenvalue weighted by molar-refractivity contribution is 0.0715. The molecule has 4 heteroatoms. The number of hydrogen-bond donors (Lipinski definition) is 0. The van der Waals surface area contributed by atoms with Crippen molar-refractivity contribution in [3.05, 3.63) is 76.8 Å². The first-order valence-corrected chi connectivity index (χ1v) is 10.2. The third-order valence-corrected chi connectivity index (χ3v) is 5.64. The van der Waals surface area contributed by atoms with Crippen LogP contribution in [0.3, 0.4) is 0 Å². The number of allylic oxidation sites excluding steroid dienone is 1. The van der Waals surface area contributed by atoms with Crippen molar-refractivity contribution in [2.24, 2.45) is 5.92 Å². The molecule has 1 aliphatic carbocycles. The summed E-state index contributed by atoms with van der Waals surface area (Å²) in [6.07, 6.45) is 6.09. The van der Waals surface area contributed by atoms with Gasteiger partial charge in [0.2, 0.25) is 0 Å². The van der Waals surface area contributed by atoms with E-state index >= 15 is 0 Å². The molecule has 0 bridgehead atoms. The lowest BCUT2D eigenvalue weighted by Crippen LogP contribution is -2.18. The third kappa shape index (κ3) is 5.70. The molecule has 2 aromatic rings. The molecule has 2 aromatic carbocycles. The Labute approximate surface area is 172 Å². The summed E-state index contributed by atoms with van der Waals surface area (Å²) in [5, 5.41) is 0. The number of ether oxygens (including phenoxy) is 2. The highest BCUT2D eigenvalue weighted by atomic mass is 35.5. The minimum atomic E-state index is -0.0562.